The van der Waals surface area contributed by atoms with Crippen LogP contribution in [-0.2, 0) is 0 Å². The lowest BCUT2D eigenvalue weighted by Gasteiger charge is -1.93. The fourth-order valence-electron chi connectivity index (χ4n) is 1.54. The van der Waals surface area contributed by atoms with Gasteiger partial charge in [-0.05, 0) is 10.4 Å². The van der Waals surface area contributed by atoms with Crippen molar-refractivity contribution in [3.8, 4) is 5.88 Å². The molecular weight excluding hydrogens is 312 g/mol. The molecule has 0 fully saturated rings. The van der Waals surface area contributed by atoms with Gasteiger partial charge in [-0.1, -0.05) is 25.2 Å². The van der Waals surface area contributed by atoms with Gasteiger partial charge in [0.1, 0.15) is 5.01 Å². The highest BCUT2D eigenvalue weighted by Gasteiger charge is 2.20. The Morgan fingerprint density at radius 3 is 2.85 bits per heavy atom. The first-order valence-corrected chi connectivity index (χ1v) is 9.42. The molecule has 1 unspecified atom stereocenters. The van der Waals surface area contributed by atoms with Crippen molar-refractivity contribution in [2.75, 3.05) is 7.11 Å². The third-order valence-corrected chi connectivity index (χ3v) is 7.10. The number of aromatic nitrogens is 4. The average Bonchev–Trinajstić information content (AvgIpc) is 3.04. The van der Waals surface area contributed by atoms with Crippen LogP contribution in [0.2, 0.25) is 0 Å². The van der Waals surface area contributed by atoms with Crippen molar-refractivity contribution in [3.63, 3.8) is 0 Å². The molecule has 0 bridgehead atoms. The standard InChI is InChI=1S/C12H13N4OS3/c1-7(2)11-14-15-12(18-11)19-20-6-8-4-5-9(17-3)13-10(8)16-20/h4-7H,1-3H3/q+1. The van der Waals surface area contributed by atoms with Gasteiger partial charge in [-0.15, -0.1) is 10.2 Å². The molecule has 0 aliphatic carbocycles. The Kier molecular flexibility index (Phi) is 3.86. The van der Waals surface area contributed by atoms with Crippen LogP contribution in [0, 0.1) is 0 Å². The lowest BCUT2D eigenvalue weighted by Crippen LogP contribution is -1.86. The molecule has 3 aromatic rings. The van der Waals surface area contributed by atoms with Crippen molar-refractivity contribution in [3.05, 3.63) is 22.5 Å². The number of nitrogens with zero attached hydrogens (tertiary/aromatic N) is 4. The Morgan fingerprint density at radius 1 is 1.30 bits per heavy atom. The highest BCUT2D eigenvalue weighted by Crippen LogP contribution is 2.41. The molecule has 0 saturated carbocycles. The molecule has 20 heavy (non-hydrogen) atoms. The second kappa shape index (κ2) is 5.63. The lowest BCUT2D eigenvalue weighted by molar-refractivity contribution is 0.399. The molecule has 0 spiro atoms. The first kappa shape index (κ1) is 13.7. The van der Waals surface area contributed by atoms with Gasteiger partial charge in [-0.25, -0.2) is 0 Å². The second-order valence-corrected chi connectivity index (χ2v) is 8.71. The minimum absolute atomic E-state index is 0.278. The molecule has 3 rings (SSSR count). The van der Waals surface area contributed by atoms with Crippen molar-refractivity contribution >= 4 is 42.9 Å². The Labute approximate surface area is 127 Å². The molecule has 3 heterocycles. The van der Waals surface area contributed by atoms with Crippen LogP contribution >= 0.6 is 31.8 Å². The number of pyridine rings is 1. The number of hydrogen-bond donors (Lipinski definition) is 0. The van der Waals surface area contributed by atoms with Crippen LogP contribution in [-0.4, -0.2) is 26.7 Å². The summed E-state index contributed by atoms with van der Waals surface area (Å²) in [5.74, 6) is 1.01. The third kappa shape index (κ3) is 2.77. The molecule has 0 aromatic carbocycles. The molecular formula is C12H13N4OS3+. The molecule has 8 heteroatoms. The zero-order valence-electron chi connectivity index (χ0n) is 11.2. The van der Waals surface area contributed by atoms with Crippen LogP contribution in [0.15, 0.2) is 21.9 Å². The van der Waals surface area contributed by atoms with Crippen LogP contribution in [0.25, 0.3) is 11.0 Å². The molecule has 5 nitrogen and oxygen atoms in total. The van der Waals surface area contributed by atoms with Gasteiger partial charge < -0.3 is 4.74 Å². The maximum absolute atomic E-state index is 5.11. The molecule has 0 N–H and O–H groups in total. The van der Waals surface area contributed by atoms with Crippen molar-refractivity contribution < 1.29 is 4.74 Å². The number of fused-ring (bicyclic) bond motifs is 1. The smallest absolute Gasteiger partial charge is 0.233 e. The van der Waals surface area contributed by atoms with E-state index in [1.807, 2.05) is 12.1 Å². The van der Waals surface area contributed by atoms with Gasteiger partial charge in [0.15, 0.2) is 15.1 Å². The van der Waals surface area contributed by atoms with Crippen LogP contribution in [0.5, 0.6) is 5.88 Å². The molecule has 0 saturated heterocycles. The van der Waals surface area contributed by atoms with Gasteiger partial charge in [-0.2, -0.15) is 4.98 Å². The first-order valence-electron chi connectivity index (χ1n) is 6.02. The predicted molar refractivity (Wildman–Crippen MR) is 83.8 cm³/mol. The minimum atomic E-state index is -0.278. The molecule has 0 aliphatic heterocycles. The second-order valence-electron chi connectivity index (χ2n) is 4.40. The Balaban J connectivity index is 1.86. The highest BCUT2D eigenvalue weighted by atomic mass is 33.1. The summed E-state index contributed by atoms with van der Waals surface area (Å²) in [7, 11) is 2.96. The topological polar surface area (TPSA) is 60.8 Å². The highest BCUT2D eigenvalue weighted by molar-refractivity contribution is 8.45. The fourth-order valence-corrected chi connectivity index (χ4v) is 5.84. The molecule has 1 atom stereocenters. The molecule has 0 amide bonds. The molecule has 104 valence electrons. The van der Waals surface area contributed by atoms with E-state index in [4.69, 9.17) is 4.74 Å². The van der Waals surface area contributed by atoms with Crippen LogP contribution in [0.1, 0.15) is 24.8 Å². The Bertz CT molecular complexity index is 737. The van der Waals surface area contributed by atoms with Gasteiger partial charge in [-0.3, -0.25) is 0 Å². The summed E-state index contributed by atoms with van der Waals surface area (Å²) in [6.45, 7) is 4.24. The number of hydrogen-bond acceptors (Lipinski definition) is 7. The van der Waals surface area contributed by atoms with E-state index in [2.05, 4.69) is 38.8 Å². The van der Waals surface area contributed by atoms with Gasteiger partial charge >= 0.3 is 0 Å². The van der Waals surface area contributed by atoms with E-state index in [1.54, 1.807) is 29.2 Å². The van der Waals surface area contributed by atoms with Gasteiger partial charge in [0.05, 0.1) is 12.5 Å². The van der Waals surface area contributed by atoms with Crippen molar-refractivity contribution in [2.45, 2.75) is 24.1 Å². The summed E-state index contributed by atoms with van der Waals surface area (Å²) in [6.07, 6.45) is 0. The van der Waals surface area contributed by atoms with Crippen LogP contribution in [0.3, 0.4) is 0 Å². The number of rotatable bonds is 4. The summed E-state index contributed by atoms with van der Waals surface area (Å²) in [6, 6.07) is 3.84. The normalized spacial score (nSPS) is 12.3. The van der Waals surface area contributed by atoms with Gasteiger partial charge in [0, 0.05) is 12.0 Å². The zero-order valence-corrected chi connectivity index (χ0v) is 13.7. The van der Waals surface area contributed by atoms with Crippen LogP contribution in [0.4, 0.5) is 0 Å². The molecule has 0 aliphatic rings. The Hall–Kier alpha value is -1.25. The fraction of sp³-hybridized carbons (Fsp3) is 0.333. The van der Waals surface area contributed by atoms with Crippen molar-refractivity contribution in [1.82, 2.24) is 19.6 Å². The van der Waals surface area contributed by atoms with E-state index >= 15 is 0 Å². The summed E-state index contributed by atoms with van der Waals surface area (Å²) < 4.78 is 10.7. The predicted octanol–water partition coefficient (Wildman–Crippen LogP) is 3.92. The first-order chi connectivity index (χ1) is 9.65. The van der Waals surface area contributed by atoms with E-state index < -0.39 is 0 Å². The minimum Gasteiger partial charge on any atom is -0.481 e. The summed E-state index contributed by atoms with van der Waals surface area (Å²) >= 11 is 1.64. The monoisotopic (exact) mass is 325 g/mol. The third-order valence-electron chi connectivity index (χ3n) is 2.57. The maximum atomic E-state index is 5.11. The van der Waals surface area contributed by atoms with E-state index in [0.29, 0.717) is 11.8 Å². The lowest BCUT2D eigenvalue weighted by atomic mass is 10.2. The SMILES string of the molecule is COc1ccc2c[s+](Sc3nnc(C(C)C)s3)nc2n1. The van der Waals surface area contributed by atoms with Crippen molar-refractivity contribution in [1.29, 1.82) is 0 Å². The van der Waals surface area contributed by atoms with Gasteiger partial charge in [0.2, 0.25) is 26.7 Å². The average molecular weight is 325 g/mol. The van der Waals surface area contributed by atoms with Gasteiger partial charge in [0.25, 0.3) is 0 Å². The molecule has 0 radical (unpaired) electrons. The van der Waals surface area contributed by atoms with E-state index in [1.165, 1.54) is 0 Å². The summed E-state index contributed by atoms with van der Waals surface area (Å²) in [4.78, 5) is 4.34. The number of methoxy groups -OCH3 is 1. The van der Waals surface area contributed by atoms with E-state index in [9.17, 15) is 0 Å². The zero-order chi connectivity index (χ0) is 14.1. The largest absolute Gasteiger partial charge is 0.481 e. The summed E-state index contributed by atoms with van der Waals surface area (Å²) in [5, 5.41) is 12.6. The van der Waals surface area contributed by atoms with Crippen molar-refractivity contribution in [2.24, 2.45) is 0 Å². The summed E-state index contributed by atoms with van der Waals surface area (Å²) in [5.41, 5.74) is 0.744. The van der Waals surface area contributed by atoms with E-state index in [-0.39, 0.29) is 9.70 Å². The van der Waals surface area contributed by atoms with Crippen LogP contribution < -0.4 is 4.74 Å². The maximum Gasteiger partial charge on any atom is 0.233 e. The Morgan fingerprint density at radius 2 is 2.15 bits per heavy atom. The molecule has 3 aromatic heterocycles. The quantitative estimate of drug-likeness (QED) is 0.535. The van der Waals surface area contributed by atoms with E-state index in [0.717, 1.165) is 20.4 Å². The number of ether oxygens (including phenoxy) is 1.